The molecule has 0 aromatic heterocycles. The molecule has 0 spiro atoms. The van der Waals surface area contributed by atoms with Gasteiger partial charge in [-0.1, -0.05) is 6.07 Å². The summed E-state index contributed by atoms with van der Waals surface area (Å²) in [6, 6.07) is 11.5. The molecule has 0 unspecified atom stereocenters. The molecule has 0 bridgehead atoms. The molecular formula is C21H22N2O6. The highest BCUT2D eigenvalue weighted by Crippen LogP contribution is 2.27. The molecule has 8 heteroatoms. The van der Waals surface area contributed by atoms with E-state index in [-0.39, 0.29) is 5.91 Å². The Morgan fingerprint density at radius 1 is 0.966 bits per heavy atom. The summed E-state index contributed by atoms with van der Waals surface area (Å²) in [5.74, 6) is -0.273. The van der Waals surface area contributed by atoms with E-state index in [1.807, 2.05) is 0 Å². The van der Waals surface area contributed by atoms with Gasteiger partial charge in [0, 0.05) is 24.4 Å². The van der Waals surface area contributed by atoms with Crippen LogP contribution in [0.15, 0.2) is 48.5 Å². The Morgan fingerprint density at radius 3 is 2.28 bits per heavy atom. The van der Waals surface area contributed by atoms with E-state index in [1.165, 1.54) is 27.3 Å². The SMILES string of the molecule is CNC(=O)c1ccc(NC(=O)COC(=O)/C=C/c2ccc(OC)c(OC)c2)cc1. The molecule has 0 atom stereocenters. The minimum atomic E-state index is -0.662. The highest BCUT2D eigenvalue weighted by molar-refractivity contribution is 5.96. The largest absolute Gasteiger partial charge is 0.493 e. The molecular weight excluding hydrogens is 376 g/mol. The van der Waals surface area contributed by atoms with Crippen LogP contribution in [0.25, 0.3) is 6.08 Å². The molecule has 0 saturated carbocycles. The Hall–Kier alpha value is -3.81. The summed E-state index contributed by atoms with van der Waals surface area (Å²) in [6.07, 6.45) is 2.76. The number of anilines is 1. The predicted octanol–water partition coefficient (Wildman–Crippen LogP) is 2.26. The van der Waals surface area contributed by atoms with Gasteiger partial charge < -0.3 is 24.8 Å². The third-order valence-electron chi connectivity index (χ3n) is 3.82. The lowest BCUT2D eigenvalue weighted by atomic mass is 10.2. The summed E-state index contributed by atoms with van der Waals surface area (Å²) < 4.78 is 15.3. The van der Waals surface area contributed by atoms with E-state index >= 15 is 0 Å². The van der Waals surface area contributed by atoms with E-state index in [9.17, 15) is 14.4 Å². The molecule has 0 aliphatic carbocycles. The van der Waals surface area contributed by atoms with Crippen LogP contribution in [0.1, 0.15) is 15.9 Å². The zero-order valence-electron chi connectivity index (χ0n) is 16.4. The van der Waals surface area contributed by atoms with Gasteiger partial charge in [-0.2, -0.15) is 0 Å². The van der Waals surface area contributed by atoms with Crippen LogP contribution in [-0.4, -0.2) is 45.7 Å². The highest BCUT2D eigenvalue weighted by atomic mass is 16.5. The molecule has 8 nitrogen and oxygen atoms in total. The van der Waals surface area contributed by atoms with Gasteiger partial charge in [-0.05, 0) is 48.0 Å². The van der Waals surface area contributed by atoms with Crippen molar-refractivity contribution in [2.45, 2.75) is 0 Å². The molecule has 0 aliphatic heterocycles. The van der Waals surface area contributed by atoms with Gasteiger partial charge in [0.2, 0.25) is 0 Å². The fourth-order valence-corrected chi connectivity index (χ4v) is 2.35. The lowest BCUT2D eigenvalue weighted by Gasteiger charge is -2.07. The van der Waals surface area contributed by atoms with Gasteiger partial charge in [0.15, 0.2) is 18.1 Å². The van der Waals surface area contributed by atoms with Crippen LogP contribution in [0.4, 0.5) is 5.69 Å². The zero-order valence-corrected chi connectivity index (χ0v) is 16.4. The first-order chi connectivity index (χ1) is 14.0. The van der Waals surface area contributed by atoms with Crippen molar-refractivity contribution in [3.05, 3.63) is 59.7 Å². The number of rotatable bonds is 8. The summed E-state index contributed by atoms with van der Waals surface area (Å²) >= 11 is 0. The Morgan fingerprint density at radius 2 is 1.66 bits per heavy atom. The van der Waals surface area contributed by atoms with Crippen molar-refractivity contribution < 1.29 is 28.6 Å². The number of amides is 2. The molecule has 0 fully saturated rings. The average Bonchev–Trinajstić information content (AvgIpc) is 2.75. The first-order valence-electron chi connectivity index (χ1n) is 8.65. The smallest absolute Gasteiger partial charge is 0.331 e. The number of hydrogen-bond acceptors (Lipinski definition) is 6. The Labute approximate surface area is 168 Å². The molecule has 2 aromatic carbocycles. The van der Waals surface area contributed by atoms with E-state index in [0.29, 0.717) is 28.3 Å². The zero-order chi connectivity index (χ0) is 21.2. The van der Waals surface area contributed by atoms with Gasteiger partial charge in [0.25, 0.3) is 11.8 Å². The molecule has 0 radical (unpaired) electrons. The van der Waals surface area contributed by atoms with Gasteiger partial charge in [-0.3, -0.25) is 9.59 Å². The number of benzene rings is 2. The Balaban J connectivity index is 1.84. The number of hydrogen-bond donors (Lipinski definition) is 2. The number of nitrogens with one attached hydrogen (secondary N) is 2. The molecule has 152 valence electrons. The Kier molecular flexibility index (Phi) is 7.78. The van der Waals surface area contributed by atoms with Crippen molar-refractivity contribution >= 4 is 29.5 Å². The van der Waals surface area contributed by atoms with E-state index in [4.69, 9.17) is 14.2 Å². The lowest BCUT2D eigenvalue weighted by Crippen LogP contribution is -2.20. The number of methoxy groups -OCH3 is 2. The summed E-state index contributed by atoms with van der Waals surface area (Å²) in [7, 11) is 4.59. The van der Waals surface area contributed by atoms with E-state index < -0.39 is 18.5 Å². The quantitative estimate of drug-likeness (QED) is 0.522. The standard InChI is InChI=1S/C21H22N2O6/c1-22-21(26)15-6-8-16(9-7-15)23-19(24)13-29-20(25)11-5-14-4-10-17(27-2)18(12-14)28-3/h4-12H,13H2,1-3H3,(H,22,26)(H,23,24)/b11-5+. The molecule has 0 saturated heterocycles. The van der Waals surface area contributed by atoms with Gasteiger partial charge in [0.05, 0.1) is 14.2 Å². The lowest BCUT2D eigenvalue weighted by molar-refractivity contribution is -0.142. The average molecular weight is 398 g/mol. The monoisotopic (exact) mass is 398 g/mol. The van der Waals surface area contributed by atoms with Crippen LogP contribution in [0.3, 0.4) is 0 Å². The van der Waals surface area contributed by atoms with Crippen molar-refractivity contribution in [3.63, 3.8) is 0 Å². The molecule has 2 aromatic rings. The molecule has 2 rings (SSSR count). The fraction of sp³-hybridized carbons (Fsp3) is 0.190. The first-order valence-corrected chi connectivity index (χ1v) is 8.65. The third kappa shape index (κ3) is 6.39. The molecule has 2 N–H and O–H groups in total. The maximum atomic E-state index is 11.9. The normalized spacial score (nSPS) is 10.3. The maximum absolute atomic E-state index is 11.9. The van der Waals surface area contributed by atoms with Crippen LogP contribution < -0.4 is 20.1 Å². The van der Waals surface area contributed by atoms with Crippen molar-refractivity contribution in [2.75, 3.05) is 33.2 Å². The van der Waals surface area contributed by atoms with E-state index in [0.717, 1.165) is 0 Å². The Bertz CT molecular complexity index is 906. The van der Waals surface area contributed by atoms with Gasteiger partial charge in [0.1, 0.15) is 0 Å². The minimum Gasteiger partial charge on any atom is -0.493 e. The van der Waals surface area contributed by atoms with Crippen LogP contribution in [0, 0.1) is 0 Å². The van der Waals surface area contributed by atoms with Crippen molar-refractivity contribution in [2.24, 2.45) is 0 Å². The number of ether oxygens (including phenoxy) is 3. The third-order valence-corrected chi connectivity index (χ3v) is 3.82. The molecule has 29 heavy (non-hydrogen) atoms. The maximum Gasteiger partial charge on any atom is 0.331 e. The second kappa shape index (κ2) is 10.5. The molecule has 0 aliphatic rings. The van der Waals surface area contributed by atoms with Crippen molar-refractivity contribution in [3.8, 4) is 11.5 Å². The predicted molar refractivity (Wildman–Crippen MR) is 108 cm³/mol. The number of esters is 1. The topological polar surface area (TPSA) is 103 Å². The number of carbonyl (C=O) groups is 3. The summed E-state index contributed by atoms with van der Waals surface area (Å²) in [4.78, 5) is 35.2. The van der Waals surface area contributed by atoms with Gasteiger partial charge in [-0.15, -0.1) is 0 Å². The summed E-state index contributed by atoms with van der Waals surface area (Å²) in [5, 5.41) is 5.09. The second-order valence-corrected chi connectivity index (χ2v) is 5.76. The van der Waals surface area contributed by atoms with Crippen LogP contribution in [0.2, 0.25) is 0 Å². The van der Waals surface area contributed by atoms with Crippen LogP contribution >= 0.6 is 0 Å². The highest BCUT2D eigenvalue weighted by Gasteiger charge is 2.08. The van der Waals surface area contributed by atoms with E-state index in [2.05, 4.69) is 10.6 Å². The minimum absolute atomic E-state index is 0.224. The second-order valence-electron chi connectivity index (χ2n) is 5.76. The fourth-order valence-electron chi connectivity index (χ4n) is 2.35. The molecule has 2 amide bonds. The first kappa shape index (κ1) is 21.5. The van der Waals surface area contributed by atoms with Crippen LogP contribution in [-0.2, 0) is 14.3 Å². The molecule has 0 heterocycles. The van der Waals surface area contributed by atoms with Crippen LogP contribution in [0.5, 0.6) is 11.5 Å². The van der Waals surface area contributed by atoms with E-state index in [1.54, 1.807) is 48.5 Å². The number of carbonyl (C=O) groups excluding carboxylic acids is 3. The van der Waals surface area contributed by atoms with Gasteiger partial charge >= 0.3 is 5.97 Å². The summed E-state index contributed by atoms with van der Waals surface area (Å²) in [6.45, 7) is -0.438. The summed E-state index contributed by atoms with van der Waals surface area (Å²) in [5.41, 5.74) is 1.66. The van der Waals surface area contributed by atoms with Gasteiger partial charge in [-0.25, -0.2) is 4.79 Å². The van der Waals surface area contributed by atoms with Crippen molar-refractivity contribution in [1.29, 1.82) is 0 Å². The van der Waals surface area contributed by atoms with Crippen molar-refractivity contribution in [1.82, 2.24) is 5.32 Å².